The minimum Gasteiger partial charge on any atom is -0.465 e. The van der Waals surface area contributed by atoms with Crippen LogP contribution in [-0.4, -0.2) is 146 Å². The van der Waals surface area contributed by atoms with E-state index in [0.717, 1.165) is 71.5 Å². The number of nitrogens with zero attached hydrogens (tertiary/aromatic N) is 5. The number of carbonyl (C=O) groups excluding carboxylic acids is 6. The highest BCUT2D eigenvalue weighted by atomic mass is 127. The normalized spacial score (nSPS) is 19.2. The average Bonchev–Trinajstić information content (AvgIpc) is 1.64. The van der Waals surface area contributed by atoms with E-state index in [1.807, 2.05) is 169 Å². The molecule has 22 heteroatoms. The van der Waals surface area contributed by atoms with Gasteiger partial charge in [-0.3, -0.25) is 4.79 Å². The molecule has 13 rings (SSSR count). The van der Waals surface area contributed by atoms with Crippen molar-refractivity contribution in [2.75, 3.05) is 85.8 Å². The number of benzene rings is 7. The number of fused-ring (bicyclic) bond motifs is 6. The molecular weight excluding hydrogens is 1300 g/mol. The topological polar surface area (TPSA) is 267 Å². The van der Waals surface area contributed by atoms with Crippen molar-refractivity contribution in [3.8, 4) is 0 Å². The molecule has 8 N–H and O–H groups in total. The van der Waals surface area contributed by atoms with E-state index in [-0.39, 0.29) is 72.5 Å². The summed E-state index contributed by atoms with van der Waals surface area (Å²) < 4.78 is 26.7. The van der Waals surface area contributed by atoms with Crippen LogP contribution < -0.4 is 37.6 Å². The van der Waals surface area contributed by atoms with Gasteiger partial charge in [-0.25, -0.2) is 24.0 Å². The number of ether oxygens (including phenoxy) is 5. The van der Waals surface area contributed by atoms with E-state index in [9.17, 15) is 28.8 Å². The number of nitrogens with two attached hydrogens (primary N) is 3. The van der Waals surface area contributed by atoms with E-state index in [2.05, 4.69) is 47.8 Å². The molecule has 6 aliphatic heterocycles. The molecule has 6 atom stereocenters. The highest BCUT2D eigenvalue weighted by molar-refractivity contribution is 14.1. The monoisotopic (exact) mass is 1380 g/mol. The summed E-state index contributed by atoms with van der Waals surface area (Å²) in [6.07, 6.45) is 2.30. The third kappa shape index (κ3) is 18.4. The second-order valence-electron chi connectivity index (χ2n) is 24.2. The quantitative estimate of drug-likeness (QED) is 0.0369. The predicted octanol–water partition coefficient (Wildman–Crippen LogP) is 11.1. The van der Waals surface area contributed by atoms with Crippen LogP contribution in [-0.2, 0) is 36.9 Å². The summed E-state index contributed by atoms with van der Waals surface area (Å²) in [5.41, 5.74) is 24.5. The summed E-state index contributed by atoms with van der Waals surface area (Å²) in [5.74, 6) is -0.826. The Hall–Kier alpha value is -9.55. The van der Waals surface area contributed by atoms with Crippen molar-refractivity contribution in [3.63, 3.8) is 0 Å². The smallest absolute Gasteiger partial charge is 0.410 e. The van der Waals surface area contributed by atoms with Crippen LogP contribution in [0.3, 0.4) is 0 Å². The summed E-state index contributed by atoms with van der Waals surface area (Å²) in [6.45, 7) is 10.9. The second kappa shape index (κ2) is 31.7. The highest BCUT2D eigenvalue weighted by Gasteiger charge is 2.47. The first-order chi connectivity index (χ1) is 44.7. The lowest BCUT2D eigenvalue weighted by Gasteiger charge is -2.35. The Morgan fingerprint density at radius 1 is 0.484 bits per heavy atom. The molecule has 7 aromatic carbocycles. The summed E-state index contributed by atoms with van der Waals surface area (Å²) in [6, 6.07) is 57.8. The third-order valence-corrected chi connectivity index (χ3v) is 17.3. The van der Waals surface area contributed by atoms with Crippen molar-refractivity contribution in [2.45, 2.75) is 95.1 Å². The fourth-order valence-electron chi connectivity index (χ4n) is 11.9. The molecule has 6 bridgehead atoms. The molecule has 6 saturated heterocycles. The number of methoxy groups -OCH3 is 2. The van der Waals surface area contributed by atoms with Gasteiger partial charge in [-0.15, -0.1) is 0 Å². The molecule has 6 unspecified atom stereocenters. The fourth-order valence-corrected chi connectivity index (χ4v) is 12.2. The number of likely N-dealkylation sites (tertiary alicyclic amines) is 3. The van der Waals surface area contributed by atoms with Crippen LogP contribution in [0.2, 0.25) is 0 Å². The number of hydrogen-bond acceptors (Lipinski definition) is 17. The Bertz CT molecular complexity index is 3640. The zero-order valence-corrected chi connectivity index (χ0v) is 55.1. The largest absolute Gasteiger partial charge is 0.465 e. The first-order valence-corrected chi connectivity index (χ1v) is 31.9. The maximum absolute atomic E-state index is 12.6. The number of esters is 2. The summed E-state index contributed by atoms with van der Waals surface area (Å²) >= 11 is 2.18. The molecule has 6 heterocycles. The van der Waals surface area contributed by atoms with Gasteiger partial charge in [0, 0.05) is 83.9 Å². The van der Waals surface area contributed by atoms with Crippen LogP contribution in [0.15, 0.2) is 182 Å². The van der Waals surface area contributed by atoms with Gasteiger partial charge in [0.05, 0.1) is 60.2 Å². The Balaban J connectivity index is 0.000000150. The van der Waals surface area contributed by atoms with Gasteiger partial charge in [0.15, 0.2) is 0 Å². The standard InChI is InChI=1S/C26H26N4O3.C21H22N2O4.C10H18N2O2.C8H7IO2.C6H8N2/c27-23-8-4-5-9-24(23)28-25(31)19-10-12-20(13-11-19)29-15-22-14-21(29)16-30(22)26(32)33-17-18-6-2-1-3-7-18;1-26-20(24)16-7-9-17(10-8-16)22-12-19-11-18(22)13-23(19)21(25)27-14-15-5-3-2-4-6-15;1-10(2,3)14-9(13)12-6-7-4-8(12)5-11-7;1-11-8(10)6-2-4-7(9)5-3-6;7-5-3-1-2-4-6(5)8/h1-13,21-22H,14-17,27H2,(H,28,31);2-10,18-19H,11-14H2,1H3;7-8,11H,4-6H2,1-3H3;2-5H,1H3;1-4H,7-8H2. The van der Waals surface area contributed by atoms with E-state index in [1.54, 1.807) is 48.5 Å². The zero-order chi connectivity index (χ0) is 66.2. The summed E-state index contributed by atoms with van der Waals surface area (Å²) in [7, 11) is 2.75. The van der Waals surface area contributed by atoms with Gasteiger partial charge in [0.2, 0.25) is 0 Å². The van der Waals surface area contributed by atoms with Crippen LogP contribution in [0.25, 0.3) is 0 Å². The van der Waals surface area contributed by atoms with E-state index >= 15 is 0 Å². The number of amides is 4. The Labute approximate surface area is 556 Å². The van der Waals surface area contributed by atoms with Crippen LogP contribution in [0.4, 0.5) is 48.5 Å². The van der Waals surface area contributed by atoms with E-state index in [4.69, 9.17) is 36.1 Å². The van der Waals surface area contributed by atoms with Crippen molar-refractivity contribution in [2.24, 2.45) is 0 Å². The highest BCUT2D eigenvalue weighted by Crippen LogP contribution is 2.37. The number of anilines is 6. The fraction of sp³-hybridized carbons (Fsp3) is 0.324. The van der Waals surface area contributed by atoms with Gasteiger partial charge in [-0.2, -0.15) is 0 Å². The number of hydrogen-bond donors (Lipinski definition) is 5. The molecule has 0 saturated carbocycles. The molecule has 0 spiro atoms. The van der Waals surface area contributed by atoms with Crippen molar-refractivity contribution in [3.05, 3.63) is 213 Å². The molecule has 21 nitrogen and oxygen atoms in total. The minimum atomic E-state index is -0.383. The maximum atomic E-state index is 12.6. The van der Waals surface area contributed by atoms with Crippen LogP contribution >= 0.6 is 22.6 Å². The molecular formula is C71H81IN10O11. The first kappa shape index (κ1) is 67.8. The van der Waals surface area contributed by atoms with E-state index < -0.39 is 0 Å². The van der Waals surface area contributed by atoms with Gasteiger partial charge < -0.3 is 76.0 Å². The van der Waals surface area contributed by atoms with Crippen molar-refractivity contribution in [1.29, 1.82) is 0 Å². The van der Waals surface area contributed by atoms with Crippen LogP contribution in [0.1, 0.15) is 82.2 Å². The lowest BCUT2D eigenvalue weighted by Crippen LogP contribution is -2.49. The molecule has 4 amide bonds. The average molecular weight is 1380 g/mol. The zero-order valence-electron chi connectivity index (χ0n) is 52.9. The van der Waals surface area contributed by atoms with Gasteiger partial charge in [-0.05, 0) is 171 Å². The molecule has 488 valence electrons. The van der Waals surface area contributed by atoms with Gasteiger partial charge >= 0.3 is 30.2 Å². The second-order valence-corrected chi connectivity index (χ2v) is 25.4. The first-order valence-electron chi connectivity index (χ1n) is 30.8. The molecule has 0 radical (unpaired) electrons. The maximum Gasteiger partial charge on any atom is 0.410 e. The molecule has 93 heavy (non-hydrogen) atoms. The number of para-hydroxylation sites is 4. The van der Waals surface area contributed by atoms with Gasteiger partial charge in [-0.1, -0.05) is 84.9 Å². The molecule has 6 aliphatic rings. The number of piperazine rings is 3. The number of carbonyl (C=O) groups is 6. The van der Waals surface area contributed by atoms with Crippen molar-refractivity contribution < 1.29 is 52.5 Å². The molecule has 7 aromatic rings. The Morgan fingerprint density at radius 3 is 1.29 bits per heavy atom. The van der Waals surface area contributed by atoms with Gasteiger partial charge in [0.25, 0.3) is 5.91 Å². The Kier molecular flexibility index (Phi) is 23.1. The third-order valence-electron chi connectivity index (χ3n) is 16.6. The minimum absolute atomic E-state index is 0.141. The van der Waals surface area contributed by atoms with Gasteiger partial charge in [0.1, 0.15) is 18.8 Å². The van der Waals surface area contributed by atoms with Crippen molar-refractivity contribution >= 4 is 92.8 Å². The molecule has 6 fully saturated rings. The molecule has 0 aliphatic carbocycles. The van der Waals surface area contributed by atoms with Crippen molar-refractivity contribution in [1.82, 2.24) is 20.0 Å². The van der Waals surface area contributed by atoms with Crippen LogP contribution in [0.5, 0.6) is 0 Å². The van der Waals surface area contributed by atoms with E-state index in [1.165, 1.54) is 14.2 Å². The molecule has 0 aromatic heterocycles. The SMILES string of the molecule is CC(C)(C)OC(=O)N1CC2CC1CN2.COC(=O)c1ccc(I)cc1.COC(=O)c1ccc(N2CC3CC2CN3C(=O)OCc2ccccc2)cc1.Nc1ccccc1N.Nc1ccccc1NC(=O)c1ccc(N2CC3CC2CN3C(=O)OCc2ccccc2)cc1. The lowest BCUT2D eigenvalue weighted by molar-refractivity contribution is 0.0204. The number of halogens is 1. The lowest BCUT2D eigenvalue weighted by atomic mass is 10.1. The number of nitrogens with one attached hydrogen (secondary N) is 2. The Morgan fingerprint density at radius 2 is 0.903 bits per heavy atom. The van der Waals surface area contributed by atoms with Crippen LogP contribution in [0, 0.1) is 3.57 Å². The summed E-state index contributed by atoms with van der Waals surface area (Å²) in [5, 5.41) is 6.20. The number of nitrogen functional groups attached to an aromatic ring is 3. The summed E-state index contributed by atoms with van der Waals surface area (Å²) in [4.78, 5) is 81.9. The predicted molar refractivity (Wildman–Crippen MR) is 368 cm³/mol. The van der Waals surface area contributed by atoms with E-state index in [0.29, 0.717) is 71.2 Å². The number of rotatable bonds is 10.